The number of hydrogen-bond acceptors (Lipinski definition) is 4. The molecule has 0 amide bonds. The molecule has 2 N–H and O–H groups in total. The molecule has 1 aliphatic heterocycles. The Labute approximate surface area is 107 Å². The minimum absolute atomic E-state index is 0.0526. The number of ketones is 1. The lowest BCUT2D eigenvalue weighted by molar-refractivity contribution is -0.129. The number of nitrogens with two attached hydrogens (primary N) is 1. The molecule has 0 aliphatic carbocycles. The molecule has 5 heteroatoms. The number of aromatic nitrogens is 2. The molecule has 18 heavy (non-hydrogen) atoms. The highest BCUT2D eigenvalue weighted by atomic mass is 16.5. The molecular formula is C13H21N3O2. The maximum Gasteiger partial charge on any atom is 0.167 e. The van der Waals surface area contributed by atoms with Crippen LogP contribution in [0.25, 0.3) is 0 Å². The van der Waals surface area contributed by atoms with Gasteiger partial charge in [-0.25, -0.2) is 0 Å². The van der Waals surface area contributed by atoms with Crippen molar-refractivity contribution in [2.24, 2.45) is 5.73 Å². The Kier molecular flexibility index (Phi) is 4.14. The number of ether oxygens (including phenoxy) is 1. The van der Waals surface area contributed by atoms with Gasteiger partial charge in [0.15, 0.2) is 5.78 Å². The van der Waals surface area contributed by atoms with Crippen molar-refractivity contribution in [2.75, 3.05) is 6.54 Å². The molecule has 2 rings (SSSR count). The first-order valence-corrected chi connectivity index (χ1v) is 6.55. The minimum atomic E-state index is -0.279. The van der Waals surface area contributed by atoms with Gasteiger partial charge in [-0.05, 0) is 32.8 Å². The lowest BCUT2D eigenvalue weighted by atomic mass is 10.1. The monoisotopic (exact) mass is 251 g/mol. The molecule has 0 radical (unpaired) electrons. The lowest BCUT2D eigenvalue weighted by Crippen LogP contribution is -2.26. The zero-order valence-corrected chi connectivity index (χ0v) is 11.1. The van der Waals surface area contributed by atoms with Crippen LogP contribution in [0.1, 0.15) is 31.2 Å². The van der Waals surface area contributed by atoms with Gasteiger partial charge >= 0.3 is 0 Å². The van der Waals surface area contributed by atoms with E-state index in [0.717, 1.165) is 30.8 Å². The van der Waals surface area contributed by atoms with Crippen LogP contribution in [-0.2, 0) is 22.5 Å². The van der Waals surface area contributed by atoms with Gasteiger partial charge in [0, 0.05) is 18.8 Å². The molecule has 1 aliphatic rings. The predicted octanol–water partition coefficient (Wildman–Crippen LogP) is 0.829. The summed E-state index contributed by atoms with van der Waals surface area (Å²) in [5.41, 5.74) is 7.47. The fraction of sp³-hybridized carbons (Fsp3) is 0.692. The second kappa shape index (κ2) is 5.63. The first-order chi connectivity index (χ1) is 8.63. The summed E-state index contributed by atoms with van der Waals surface area (Å²) in [6.07, 6.45) is 1.85. The van der Waals surface area contributed by atoms with Crippen LogP contribution in [-0.4, -0.2) is 34.3 Å². The van der Waals surface area contributed by atoms with Crippen LogP contribution in [0.15, 0.2) is 6.07 Å². The van der Waals surface area contributed by atoms with Crippen molar-refractivity contribution in [3.05, 3.63) is 17.5 Å². The Balaban J connectivity index is 1.99. The molecule has 2 unspecified atom stereocenters. The SMILES string of the molecule is CCn1nc(C)cc1CC(=O)C1CCC(CN)O1. The van der Waals surface area contributed by atoms with Crippen LogP contribution >= 0.6 is 0 Å². The number of nitrogens with zero attached hydrogens (tertiary/aromatic N) is 2. The average molecular weight is 251 g/mol. The number of Topliss-reactive ketones (excluding diaryl/α,β-unsaturated/α-hetero) is 1. The third-order valence-electron chi connectivity index (χ3n) is 3.37. The van der Waals surface area contributed by atoms with Crippen molar-refractivity contribution in [3.63, 3.8) is 0 Å². The van der Waals surface area contributed by atoms with E-state index in [0.29, 0.717) is 13.0 Å². The van der Waals surface area contributed by atoms with E-state index >= 15 is 0 Å². The minimum Gasteiger partial charge on any atom is -0.366 e. The fourth-order valence-corrected chi connectivity index (χ4v) is 2.42. The lowest BCUT2D eigenvalue weighted by Gasteiger charge is -2.11. The summed E-state index contributed by atoms with van der Waals surface area (Å²) in [6, 6.07) is 1.97. The molecule has 1 aromatic rings. The van der Waals surface area contributed by atoms with Gasteiger partial charge in [0.05, 0.1) is 18.2 Å². The second-order valence-corrected chi connectivity index (χ2v) is 4.80. The Hall–Kier alpha value is -1.20. The predicted molar refractivity (Wildman–Crippen MR) is 68.3 cm³/mol. The van der Waals surface area contributed by atoms with Crippen molar-refractivity contribution in [1.29, 1.82) is 0 Å². The first kappa shape index (κ1) is 13.2. The number of carbonyl (C=O) groups excluding carboxylic acids is 1. The molecule has 0 bridgehead atoms. The molecule has 0 spiro atoms. The molecule has 1 fully saturated rings. The smallest absolute Gasteiger partial charge is 0.167 e. The topological polar surface area (TPSA) is 70.1 Å². The van der Waals surface area contributed by atoms with Gasteiger partial charge in [0.2, 0.25) is 0 Å². The van der Waals surface area contributed by atoms with E-state index in [2.05, 4.69) is 5.10 Å². The number of hydrogen-bond donors (Lipinski definition) is 1. The van der Waals surface area contributed by atoms with Crippen LogP contribution in [0.3, 0.4) is 0 Å². The molecule has 2 heterocycles. The summed E-state index contributed by atoms with van der Waals surface area (Å²) < 4.78 is 7.50. The fourth-order valence-electron chi connectivity index (χ4n) is 2.42. The van der Waals surface area contributed by atoms with Crippen molar-refractivity contribution in [2.45, 2.75) is 51.9 Å². The van der Waals surface area contributed by atoms with Crippen LogP contribution in [0.2, 0.25) is 0 Å². The quantitative estimate of drug-likeness (QED) is 0.841. The maximum absolute atomic E-state index is 12.1. The molecule has 0 saturated carbocycles. The molecular weight excluding hydrogens is 230 g/mol. The number of aryl methyl sites for hydroxylation is 2. The van der Waals surface area contributed by atoms with E-state index in [1.807, 2.05) is 24.6 Å². The van der Waals surface area contributed by atoms with E-state index in [1.165, 1.54) is 0 Å². The van der Waals surface area contributed by atoms with Crippen LogP contribution in [0.4, 0.5) is 0 Å². The van der Waals surface area contributed by atoms with Crippen LogP contribution in [0, 0.1) is 6.92 Å². The zero-order valence-electron chi connectivity index (χ0n) is 11.1. The van der Waals surface area contributed by atoms with E-state index in [-0.39, 0.29) is 18.0 Å². The summed E-state index contributed by atoms with van der Waals surface area (Å²) in [4.78, 5) is 12.1. The zero-order chi connectivity index (χ0) is 13.1. The van der Waals surface area contributed by atoms with Gasteiger partial charge in [-0.3, -0.25) is 9.48 Å². The molecule has 0 aromatic carbocycles. The van der Waals surface area contributed by atoms with E-state index in [1.54, 1.807) is 0 Å². The van der Waals surface area contributed by atoms with E-state index in [9.17, 15) is 4.79 Å². The Bertz CT molecular complexity index is 428. The summed E-state index contributed by atoms with van der Waals surface area (Å²) in [6.45, 7) is 5.25. The largest absolute Gasteiger partial charge is 0.366 e. The third kappa shape index (κ3) is 2.79. The second-order valence-electron chi connectivity index (χ2n) is 4.80. The number of rotatable bonds is 5. The normalized spacial score (nSPS) is 23.5. The maximum atomic E-state index is 12.1. The van der Waals surface area contributed by atoms with Gasteiger partial charge in [0.25, 0.3) is 0 Å². The van der Waals surface area contributed by atoms with Crippen molar-refractivity contribution in [1.82, 2.24) is 9.78 Å². The van der Waals surface area contributed by atoms with Gasteiger partial charge in [-0.1, -0.05) is 0 Å². The summed E-state index contributed by atoms with van der Waals surface area (Å²) in [7, 11) is 0. The highest BCUT2D eigenvalue weighted by molar-refractivity contribution is 5.85. The average Bonchev–Trinajstić information content (AvgIpc) is 2.95. The number of carbonyl (C=O) groups is 1. The molecule has 1 saturated heterocycles. The van der Waals surface area contributed by atoms with Gasteiger partial charge in [-0.2, -0.15) is 5.10 Å². The molecule has 1 aromatic heterocycles. The van der Waals surface area contributed by atoms with Crippen molar-refractivity contribution < 1.29 is 9.53 Å². The van der Waals surface area contributed by atoms with Gasteiger partial charge < -0.3 is 10.5 Å². The van der Waals surface area contributed by atoms with Crippen molar-refractivity contribution in [3.8, 4) is 0 Å². The highest BCUT2D eigenvalue weighted by Crippen LogP contribution is 2.21. The van der Waals surface area contributed by atoms with Gasteiger partial charge in [0.1, 0.15) is 6.10 Å². The van der Waals surface area contributed by atoms with E-state index in [4.69, 9.17) is 10.5 Å². The van der Waals surface area contributed by atoms with Crippen molar-refractivity contribution >= 4 is 5.78 Å². The Morgan fingerprint density at radius 1 is 1.61 bits per heavy atom. The highest BCUT2D eigenvalue weighted by Gasteiger charge is 2.30. The Morgan fingerprint density at radius 3 is 3.00 bits per heavy atom. The van der Waals surface area contributed by atoms with Crippen LogP contribution < -0.4 is 5.73 Å². The standard InChI is InChI=1S/C13H21N3O2/c1-3-16-10(6-9(2)15-16)7-12(17)13-5-4-11(8-14)18-13/h6,11,13H,3-5,7-8,14H2,1-2H3. The van der Waals surface area contributed by atoms with Crippen LogP contribution in [0.5, 0.6) is 0 Å². The summed E-state index contributed by atoms with van der Waals surface area (Å²) in [5, 5.41) is 4.34. The summed E-state index contributed by atoms with van der Waals surface area (Å²) in [5.74, 6) is 0.139. The van der Waals surface area contributed by atoms with Gasteiger partial charge in [-0.15, -0.1) is 0 Å². The Morgan fingerprint density at radius 2 is 2.39 bits per heavy atom. The first-order valence-electron chi connectivity index (χ1n) is 6.55. The molecule has 2 atom stereocenters. The molecule has 100 valence electrons. The van der Waals surface area contributed by atoms with E-state index < -0.39 is 0 Å². The third-order valence-corrected chi connectivity index (χ3v) is 3.37. The molecule has 5 nitrogen and oxygen atoms in total. The summed E-state index contributed by atoms with van der Waals surface area (Å²) >= 11 is 0.